The van der Waals surface area contributed by atoms with Crippen LogP contribution in [0.25, 0.3) is 0 Å². The van der Waals surface area contributed by atoms with E-state index in [2.05, 4.69) is 21.0 Å². The number of aromatic nitrogens is 2. The normalized spacial score (nSPS) is 10.8. The van der Waals surface area contributed by atoms with E-state index in [1.807, 2.05) is 39.1 Å². The van der Waals surface area contributed by atoms with Crippen LogP contribution in [-0.4, -0.2) is 16.3 Å². The smallest absolute Gasteiger partial charge is 0.221 e. The van der Waals surface area contributed by atoms with Gasteiger partial charge in [0.15, 0.2) is 0 Å². The van der Waals surface area contributed by atoms with Gasteiger partial charge in [0.1, 0.15) is 5.75 Å². The second-order valence-electron chi connectivity index (χ2n) is 4.54. The minimum Gasteiger partial charge on any atom is -0.439 e. The molecule has 0 atom stereocenters. The van der Waals surface area contributed by atoms with Gasteiger partial charge < -0.3 is 10.5 Å². The Morgan fingerprint density at radius 3 is 2.74 bits per heavy atom. The molecule has 0 fully saturated rings. The van der Waals surface area contributed by atoms with Crippen LogP contribution >= 0.6 is 15.9 Å². The molecule has 0 saturated heterocycles. The molecule has 2 N–H and O–H groups in total. The number of rotatable bonds is 4. The summed E-state index contributed by atoms with van der Waals surface area (Å²) in [5.41, 5.74) is 8.83. The van der Waals surface area contributed by atoms with E-state index >= 15 is 0 Å². The molecule has 5 heteroatoms. The van der Waals surface area contributed by atoms with E-state index in [1.165, 1.54) is 0 Å². The zero-order chi connectivity index (χ0) is 14.0. The van der Waals surface area contributed by atoms with Crippen LogP contribution in [0, 0.1) is 13.8 Å². The molecule has 0 saturated carbocycles. The molecule has 2 aromatic rings. The summed E-state index contributed by atoms with van der Waals surface area (Å²) in [6.07, 6.45) is 0.768. The van der Waals surface area contributed by atoms with E-state index in [-0.39, 0.29) is 0 Å². The van der Waals surface area contributed by atoms with Gasteiger partial charge in [-0.3, -0.25) is 0 Å². The highest BCUT2D eigenvalue weighted by atomic mass is 79.9. The van der Waals surface area contributed by atoms with Crippen molar-refractivity contribution < 1.29 is 4.74 Å². The number of ether oxygens (including phenoxy) is 1. The van der Waals surface area contributed by atoms with E-state index in [1.54, 1.807) is 4.68 Å². The van der Waals surface area contributed by atoms with Crippen LogP contribution in [0.2, 0.25) is 0 Å². The van der Waals surface area contributed by atoms with Gasteiger partial charge in [0.2, 0.25) is 5.88 Å². The Balaban J connectivity index is 2.34. The third-order valence-electron chi connectivity index (χ3n) is 3.03. The largest absolute Gasteiger partial charge is 0.439 e. The van der Waals surface area contributed by atoms with Gasteiger partial charge in [-0.05, 0) is 50.6 Å². The van der Waals surface area contributed by atoms with Crippen LogP contribution in [0.4, 0.5) is 0 Å². The zero-order valence-corrected chi connectivity index (χ0v) is 13.0. The molecule has 102 valence electrons. The first-order valence-corrected chi connectivity index (χ1v) is 6.98. The van der Waals surface area contributed by atoms with Crippen LogP contribution in [-0.2, 0) is 13.5 Å². The lowest BCUT2D eigenvalue weighted by atomic mass is 10.2. The standard InChI is InChI=1S/C14H18BrN3O/c1-9-8-11(4-5-13(9)15)19-14-12(6-7-16)10(2)17-18(14)3/h4-5,8H,6-7,16H2,1-3H3. The van der Waals surface area contributed by atoms with Crippen molar-refractivity contribution in [2.45, 2.75) is 20.3 Å². The van der Waals surface area contributed by atoms with Gasteiger partial charge in [0, 0.05) is 17.1 Å². The lowest BCUT2D eigenvalue weighted by Gasteiger charge is -2.09. The number of nitrogens with zero attached hydrogens (tertiary/aromatic N) is 2. The molecular weight excluding hydrogens is 306 g/mol. The predicted octanol–water partition coefficient (Wildman–Crippen LogP) is 3.09. The highest BCUT2D eigenvalue weighted by Gasteiger charge is 2.14. The Morgan fingerprint density at radius 2 is 2.11 bits per heavy atom. The Morgan fingerprint density at radius 1 is 1.37 bits per heavy atom. The molecule has 0 aliphatic rings. The summed E-state index contributed by atoms with van der Waals surface area (Å²) in [5.74, 6) is 1.58. The average Bonchev–Trinajstić information content (AvgIpc) is 2.61. The van der Waals surface area contributed by atoms with Crippen molar-refractivity contribution in [3.8, 4) is 11.6 Å². The Hall–Kier alpha value is -1.33. The third-order valence-corrected chi connectivity index (χ3v) is 3.92. The first-order chi connectivity index (χ1) is 9.02. The molecule has 19 heavy (non-hydrogen) atoms. The van der Waals surface area contributed by atoms with Crippen molar-refractivity contribution >= 4 is 15.9 Å². The van der Waals surface area contributed by atoms with Crippen LogP contribution in [0.1, 0.15) is 16.8 Å². The van der Waals surface area contributed by atoms with Crippen LogP contribution in [0.15, 0.2) is 22.7 Å². The van der Waals surface area contributed by atoms with Gasteiger partial charge in [0.05, 0.1) is 5.69 Å². The summed E-state index contributed by atoms with van der Waals surface area (Å²) in [7, 11) is 1.88. The quantitative estimate of drug-likeness (QED) is 0.940. The van der Waals surface area contributed by atoms with Gasteiger partial charge in [-0.1, -0.05) is 15.9 Å². The van der Waals surface area contributed by atoms with Gasteiger partial charge in [-0.2, -0.15) is 5.10 Å². The summed E-state index contributed by atoms with van der Waals surface area (Å²) in [5, 5.41) is 4.39. The summed E-state index contributed by atoms with van der Waals surface area (Å²) >= 11 is 3.48. The molecular formula is C14H18BrN3O. The summed E-state index contributed by atoms with van der Waals surface area (Å²) in [6.45, 7) is 4.60. The first-order valence-electron chi connectivity index (χ1n) is 6.19. The maximum Gasteiger partial charge on any atom is 0.221 e. The summed E-state index contributed by atoms with van der Waals surface area (Å²) < 4.78 is 8.81. The van der Waals surface area contributed by atoms with Crippen molar-refractivity contribution in [1.82, 2.24) is 9.78 Å². The molecule has 0 amide bonds. The van der Waals surface area contributed by atoms with Crippen LogP contribution in [0.5, 0.6) is 11.6 Å². The average molecular weight is 324 g/mol. The van der Waals surface area contributed by atoms with Crippen molar-refractivity contribution in [3.63, 3.8) is 0 Å². The van der Waals surface area contributed by atoms with E-state index in [9.17, 15) is 0 Å². The van der Waals surface area contributed by atoms with Gasteiger partial charge in [-0.25, -0.2) is 4.68 Å². The van der Waals surface area contributed by atoms with Gasteiger partial charge >= 0.3 is 0 Å². The van der Waals surface area contributed by atoms with Crippen molar-refractivity contribution in [1.29, 1.82) is 0 Å². The number of hydrogen-bond acceptors (Lipinski definition) is 3. The zero-order valence-electron chi connectivity index (χ0n) is 11.4. The number of benzene rings is 1. The number of halogens is 1. The highest BCUT2D eigenvalue weighted by molar-refractivity contribution is 9.10. The Labute approximate surface area is 121 Å². The van der Waals surface area contributed by atoms with E-state index in [0.717, 1.165) is 39.3 Å². The maximum absolute atomic E-state index is 5.97. The molecule has 0 aliphatic carbocycles. The second kappa shape index (κ2) is 5.75. The molecule has 1 heterocycles. The summed E-state index contributed by atoms with van der Waals surface area (Å²) in [6, 6.07) is 5.92. The fourth-order valence-corrected chi connectivity index (χ4v) is 2.28. The highest BCUT2D eigenvalue weighted by Crippen LogP contribution is 2.29. The lowest BCUT2D eigenvalue weighted by molar-refractivity contribution is 0.425. The maximum atomic E-state index is 5.97. The number of hydrogen-bond donors (Lipinski definition) is 1. The summed E-state index contributed by atoms with van der Waals surface area (Å²) in [4.78, 5) is 0. The molecule has 1 aromatic carbocycles. The molecule has 0 unspecified atom stereocenters. The molecule has 2 rings (SSSR count). The molecule has 4 nitrogen and oxygen atoms in total. The molecule has 1 aromatic heterocycles. The van der Waals surface area contributed by atoms with Crippen molar-refractivity contribution in [3.05, 3.63) is 39.5 Å². The van der Waals surface area contributed by atoms with Crippen LogP contribution in [0.3, 0.4) is 0 Å². The number of aryl methyl sites for hydroxylation is 3. The van der Waals surface area contributed by atoms with E-state index in [0.29, 0.717) is 6.54 Å². The third kappa shape index (κ3) is 2.98. The first kappa shape index (κ1) is 14.1. The van der Waals surface area contributed by atoms with Gasteiger partial charge in [0.25, 0.3) is 0 Å². The monoisotopic (exact) mass is 323 g/mol. The second-order valence-corrected chi connectivity index (χ2v) is 5.40. The minimum atomic E-state index is 0.586. The lowest BCUT2D eigenvalue weighted by Crippen LogP contribution is -2.05. The molecule has 0 radical (unpaired) electrons. The SMILES string of the molecule is Cc1cc(Oc2c(CCN)c(C)nn2C)ccc1Br. The Bertz CT molecular complexity index is 593. The fraction of sp³-hybridized carbons (Fsp3) is 0.357. The minimum absolute atomic E-state index is 0.586. The van der Waals surface area contributed by atoms with Crippen LogP contribution < -0.4 is 10.5 Å². The fourth-order valence-electron chi connectivity index (χ4n) is 2.03. The predicted molar refractivity (Wildman–Crippen MR) is 79.7 cm³/mol. The van der Waals surface area contributed by atoms with E-state index in [4.69, 9.17) is 10.5 Å². The molecule has 0 spiro atoms. The van der Waals surface area contributed by atoms with Crippen molar-refractivity contribution in [2.75, 3.05) is 6.54 Å². The van der Waals surface area contributed by atoms with E-state index < -0.39 is 0 Å². The van der Waals surface area contributed by atoms with Crippen molar-refractivity contribution in [2.24, 2.45) is 12.8 Å². The van der Waals surface area contributed by atoms with Gasteiger partial charge in [-0.15, -0.1) is 0 Å². The number of nitrogens with two attached hydrogens (primary N) is 1. The molecule has 0 aliphatic heterocycles. The Kier molecular flexibility index (Phi) is 4.27. The molecule has 0 bridgehead atoms. The topological polar surface area (TPSA) is 53.1 Å².